The van der Waals surface area contributed by atoms with E-state index in [2.05, 4.69) is 25.6 Å². The number of nitrogens with zero attached hydrogens (tertiary/aromatic N) is 7. The van der Waals surface area contributed by atoms with E-state index in [1.807, 2.05) is 20.0 Å². The number of carbonyl (C=O) groups excluding carboxylic acids is 2. The zero-order chi connectivity index (χ0) is 21.4. The van der Waals surface area contributed by atoms with E-state index in [4.69, 9.17) is 4.74 Å². The van der Waals surface area contributed by atoms with Crippen LogP contribution in [0.4, 0.5) is 5.82 Å². The Morgan fingerprint density at radius 1 is 1.17 bits per heavy atom. The molecule has 0 aliphatic heterocycles. The topological polar surface area (TPSA) is 121 Å². The zero-order valence-corrected chi connectivity index (χ0v) is 16.9. The highest BCUT2D eigenvalue weighted by atomic mass is 16.5. The van der Waals surface area contributed by atoms with E-state index in [9.17, 15) is 9.59 Å². The van der Waals surface area contributed by atoms with Crippen molar-refractivity contribution in [2.24, 2.45) is 14.1 Å². The molecule has 11 heteroatoms. The van der Waals surface area contributed by atoms with E-state index < -0.39 is 11.9 Å². The van der Waals surface area contributed by atoms with Crippen LogP contribution in [0.3, 0.4) is 0 Å². The molecule has 0 spiro atoms. The van der Waals surface area contributed by atoms with Crippen molar-refractivity contribution in [3.05, 3.63) is 47.7 Å². The van der Waals surface area contributed by atoms with Crippen LogP contribution in [0.15, 0.2) is 30.7 Å². The first-order valence-electron chi connectivity index (χ1n) is 9.25. The predicted molar refractivity (Wildman–Crippen MR) is 107 cm³/mol. The van der Waals surface area contributed by atoms with Gasteiger partial charge in [0.2, 0.25) is 0 Å². The van der Waals surface area contributed by atoms with Crippen LogP contribution in [0.5, 0.6) is 0 Å². The lowest BCUT2D eigenvalue weighted by Crippen LogP contribution is -2.18. The molecule has 0 radical (unpaired) electrons. The lowest BCUT2D eigenvalue weighted by molar-refractivity contribution is 0.0527. The molecule has 1 amide bonds. The molecule has 0 saturated carbocycles. The molecule has 0 unspecified atom stereocenters. The Morgan fingerprint density at radius 2 is 1.93 bits per heavy atom. The molecule has 4 heterocycles. The van der Waals surface area contributed by atoms with Crippen molar-refractivity contribution in [1.29, 1.82) is 0 Å². The van der Waals surface area contributed by atoms with E-state index in [-0.39, 0.29) is 23.7 Å². The predicted octanol–water partition coefficient (Wildman–Crippen LogP) is 1.60. The average molecular weight is 408 g/mol. The fourth-order valence-electron chi connectivity index (χ4n) is 3.08. The molecule has 4 rings (SSSR count). The van der Waals surface area contributed by atoms with E-state index >= 15 is 0 Å². The van der Waals surface area contributed by atoms with Crippen LogP contribution in [0.25, 0.3) is 16.9 Å². The molecular formula is C19H20N8O3. The normalized spacial score (nSPS) is 11.1. The van der Waals surface area contributed by atoms with Crippen LogP contribution in [-0.2, 0) is 18.8 Å². The van der Waals surface area contributed by atoms with Crippen molar-refractivity contribution < 1.29 is 14.3 Å². The molecule has 0 aliphatic rings. The van der Waals surface area contributed by atoms with Crippen molar-refractivity contribution in [2.75, 3.05) is 11.9 Å². The van der Waals surface area contributed by atoms with Gasteiger partial charge < -0.3 is 10.1 Å². The average Bonchev–Trinajstić information content (AvgIpc) is 3.41. The summed E-state index contributed by atoms with van der Waals surface area (Å²) in [6, 6.07) is 3.39. The lowest BCUT2D eigenvalue weighted by Gasteiger charge is -2.07. The van der Waals surface area contributed by atoms with Crippen molar-refractivity contribution >= 4 is 23.3 Å². The summed E-state index contributed by atoms with van der Waals surface area (Å²) >= 11 is 0. The summed E-state index contributed by atoms with van der Waals surface area (Å²) in [5, 5.41) is 15.4. The Hall–Kier alpha value is -4.02. The van der Waals surface area contributed by atoms with Gasteiger partial charge in [0.1, 0.15) is 11.4 Å². The van der Waals surface area contributed by atoms with Crippen LogP contribution in [0.1, 0.15) is 33.5 Å². The summed E-state index contributed by atoms with van der Waals surface area (Å²) in [6.07, 6.45) is 4.75. The van der Waals surface area contributed by atoms with Crippen LogP contribution in [0, 0.1) is 6.92 Å². The van der Waals surface area contributed by atoms with E-state index in [1.165, 1.54) is 10.9 Å². The summed E-state index contributed by atoms with van der Waals surface area (Å²) in [7, 11) is 3.47. The molecule has 1 N–H and O–H groups in total. The second-order valence-electron chi connectivity index (χ2n) is 6.60. The highest BCUT2D eigenvalue weighted by Gasteiger charge is 2.22. The van der Waals surface area contributed by atoms with Gasteiger partial charge >= 0.3 is 5.97 Å². The molecule has 30 heavy (non-hydrogen) atoms. The van der Waals surface area contributed by atoms with Gasteiger partial charge in [-0.1, -0.05) is 0 Å². The number of esters is 1. The largest absolute Gasteiger partial charge is 0.462 e. The third kappa shape index (κ3) is 3.19. The monoisotopic (exact) mass is 408 g/mol. The first-order valence-corrected chi connectivity index (χ1v) is 9.25. The van der Waals surface area contributed by atoms with Gasteiger partial charge in [0, 0.05) is 37.6 Å². The first-order chi connectivity index (χ1) is 14.4. The fourth-order valence-corrected chi connectivity index (χ4v) is 3.08. The summed E-state index contributed by atoms with van der Waals surface area (Å²) < 4.78 is 9.76. The summed E-state index contributed by atoms with van der Waals surface area (Å²) in [5.74, 6) is -0.831. The molecule has 0 aromatic carbocycles. The van der Waals surface area contributed by atoms with Crippen molar-refractivity contribution in [1.82, 2.24) is 34.2 Å². The van der Waals surface area contributed by atoms with E-state index in [1.54, 1.807) is 41.6 Å². The second-order valence-corrected chi connectivity index (χ2v) is 6.60. The second kappa shape index (κ2) is 7.43. The highest BCUT2D eigenvalue weighted by molar-refractivity contribution is 6.06. The van der Waals surface area contributed by atoms with Gasteiger partial charge in [-0.2, -0.15) is 15.3 Å². The maximum atomic E-state index is 12.9. The van der Waals surface area contributed by atoms with Crippen molar-refractivity contribution in [2.45, 2.75) is 13.8 Å². The fraction of sp³-hybridized carbons (Fsp3) is 0.263. The van der Waals surface area contributed by atoms with Gasteiger partial charge in [-0.3, -0.25) is 14.2 Å². The number of rotatable bonds is 5. The minimum atomic E-state index is -0.563. The maximum Gasteiger partial charge on any atom is 0.343 e. The van der Waals surface area contributed by atoms with Gasteiger partial charge in [0.05, 0.1) is 24.7 Å². The Bertz CT molecular complexity index is 1270. The molecule has 4 aromatic heterocycles. The number of hydrogen-bond donors (Lipinski definition) is 1. The third-order valence-corrected chi connectivity index (χ3v) is 4.77. The number of amides is 1. The molecule has 0 saturated heterocycles. The zero-order valence-electron chi connectivity index (χ0n) is 16.9. The molecule has 0 bridgehead atoms. The number of nitrogens with one attached hydrogen (secondary N) is 1. The number of carbonyl (C=O) groups is 2. The number of anilines is 1. The minimum absolute atomic E-state index is 0.146. The minimum Gasteiger partial charge on any atom is -0.462 e. The summed E-state index contributed by atoms with van der Waals surface area (Å²) in [4.78, 5) is 29.3. The number of aryl methyl sites for hydroxylation is 2. The molecule has 4 aromatic rings. The molecule has 154 valence electrons. The lowest BCUT2D eigenvalue weighted by atomic mass is 10.2. The summed E-state index contributed by atoms with van der Waals surface area (Å²) in [5.41, 5.74) is 3.43. The Labute approximate surface area is 171 Å². The number of ether oxygens (including phenoxy) is 1. The van der Waals surface area contributed by atoms with Gasteiger partial charge in [0.15, 0.2) is 11.3 Å². The standard InChI is InChI=1S/C19H20N8O3/c1-5-30-19(29)13-10-22-26(4)17(13)23-18(28)14-8-16-20-7-6-15(27(16)24-14)12-9-21-25(3)11(12)2/h6-10H,5H2,1-4H3,(H,23,28). The van der Waals surface area contributed by atoms with Gasteiger partial charge in [-0.25, -0.2) is 14.3 Å². The SMILES string of the molecule is CCOC(=O)c1cnn(C)c1NC(=O)c1cc2nccc(-c3cnn(C)c3C)n2n1. The van der Waals surface area contributed by atoms with Crippen LogP contribution < -0.4 is 5.32 Å². The van der Waals surface area contributed by atoms with E-state index in [0.29, 0.717) is 5.65 Å². The Balaban J connectivity index is 1.69. The summed E-state index contributed by atoms with van der Waals surface area (Å²) in [6.45, 7) is 3.87. The van der Waals surface area contributed by atoms with Crippen LogP contribution in [-0.4, -0.2) is 52.6 Å². The highest BCUT2D eigenvalue weighted by Crippen LogP contribution is 2.23. The molecular weight excluding hydrogens is 388 g/mol. The number of hydrogen-bond acceptors (Lipinski definition) is 7. The molecule has 0 aliphatic carbocycles. The number of aromatic nitrogens is 7. The van der Waals surface area contributed by atoms with Gasteiger partial charge in [-0.15, -0.1) is 0 Å². The molecule has 0 atom stereocenters. The smallest absolute Gasteiger partial charge is 0.343 e. The maximum absolute atomic E-state index is 12.9. The van der Waals surface area contributed by atoms with Crippen molar-refractivity contribution in [3.63, 3.8) is 0 Å². The van der Waals surface area contributed by atoms with Crippen molar-refractivity contribution in [3.8, 4) is 11.3 Å². The van der Waals surface area contributed by atoms with Crippen LogP contribution >= 0.6 is 0 Å². The van der Waals surface area contributed by atoms with E-state index in [0.717, 1.165) is 17.0 Å². The molecule has 11 nitrogen and oxygen atoms in total. The first kappa shape index (κ1) is 19.3. The van der Waals surface area contributed by atoms with Crippen LogP contribution in [0.2, 0.25) is 0 Å². The Kier molecular flexibility index (Phi) is 4.78. The quantitative estimate of drug-likeness (QED) is 0.498. The van der Waals surface area contributed by atoms with Gasteiger partial charge in [0.25, 0.3) is 5.91 Å². The van der Waals surface area contributed by atoms with Gasteiger partial charge in [-0.05, 0) is 19.9 Å². The Morgan fingerprint density at radius 3 is 2.63 bits per heavy atom. The molecule has 0 fully saturated rings. The third-order valence-electron chi connectivity index (χ3n) is 4.77. The number of fused-ring (bicyclic) bond motifs is 1.